The summed E-state index contributed by atoms with van der Waals surface area (Å²) in [6.45, 7) is 4.01. The highest BCUT2D eigenvalue weighted by atomic mass is 35.5. The Balaban J connectivity index is 0.00000264. The molecule has 1 fully saturated rings. The predicted molar refractivity (Wildman–Crippen MR) is 96.2 cm³/mol. The van der Waals surface area contributed by atoms with E-state index in [1.807, 2.05) is 12.1 Å². The van der Waals surface area contributed by atoms with E-state index >= 15 is 0 Å². The van der Waals surface area contributed by atoms with E-state index in [0.717, 1.165) is 56.5 Å². The summed E-state index contributed by atoms with van der Waals surface area (Å²) in [6.07, 6.45) is 5.30. The smallest absolute Gasteiger partial charge is 0.224 e. The number of hydrogen-bond acceptors (Lipinski definition) is 3. The number of benzene rings is 1. The predicted octanol–water partition coefficient (Wildman–Crippen LogP) is 3.46. The molecular formula is C18H29ClN2O2. The van der Waals surface area contributed by atoms with Crippen LogP contribution in [0.3, 0.4) is 0 Å². The Morgan fingerprint density at radius 3 is 2.70 bits per heavy atom. The van der Waals surface area contributed by atoms with E-state index in [0.29, 0.717) is 0 Å². The van der Waals surface area contributed by atoms with E-state index in [4.69, 9.17) is 4.74 Å². The number of methoxy groups -OCH3 is 1. The zero-order valence-electron chi connectivity index (χ0n) is 14.1. The minimum absolute atomic E-state index is 0. The molecule has 0 aromatic heterocycles. The summed E-state index contributed by atoms with van der Waals surface area (Å²) in [5.41, 5.74) is 1.16. The molecule has 1 aromatic carbocycles. The number of unbranched alkanes of at least 4 members (excludes halogenated alkanes) is 1. The summed E-state index contributed by atoms with van der Waals surface area (Å²) in [4.78, 5) is 12.5. The molecule has 0 aliphatic carbocycles. The van der Waals surface area contributed by atoms with Crippen molar-refractivity contribution in [3.8, 4) is 5.75 Å². The Morgan fingerprint density at radius 1 is 1.39 bits per heavy atom. The van der Waals surface area contributed by atoms with Gasteiger partial charge >= 0.3 is 0 Å². The number of nitrogens with one attached hydrogen (secondary N) is 2. The molecule has 2 unspecified atom stereocenters. The zero-order valence-corrected chi connectivity index (χ0v) is 15.0. The van der Waals surface area contributed by atoms with Crippen molar-refractivity contribution in [3.63, 3.8) is 0 Å². The van der Waals surface area contributed by atoms with Gasteiger partial charge in [-0.05, 0) is 43.5 Å². The molecule has 1 heterocycles. The normalized spacial score (nSPS) is 18.6. The van der Waals surface area contributed by atoms with Gasteiger partial charge < -0.3 is 15.4 Å². The van der Waals surface area contributed by atoms with Gasteiger partial charge in [-0.15, -0.1) is 12.4 Å². The Labute approximate surface area is 145 Å². The van der Waals surface area contributed by atoms with E-state index in [1.54, 1.807) is 7.11 Å². The van der Waals surface area contributed by atoms with Gasteiger partial charge in [0.1, 0.15) is 5.75 Å². The number of amides is 1. The van der Waals surface area contributed by atoms with Gasteiger partial charge in [-0.3, -0.25) is 4.79 Å². The molecule has 2 rings (SSSR count). The van der Waals surface area contributed by atoms with Crippen LogP contribution in [0, 0.1) is 5.92 Å². The molecule has 2 atom stereocenters. The average molecular weight is 341 g/mol. The molecule has 23 heavy (non-hydrogen) atoms. The lowest BCUT2D eigenvalue weighted by molar-refractivity contribution is -0.126. The molecule has 5 heteroatoms. The quantitative estimate of drug-likeness (QED) is 0.799. The lowest BCUT2D eigenvalue weighted by Crippen LogP contribution is -2.41. The summed E-state index contributed by atoms with van der Waals surface area (Å²) in [5, 5.41) is 6.57. The third kappa shape index (κ3) is 6.04. The van der Waals surface area contributed by atoms with Crippen molar-refractivity contribution in [2.75, 3.05) is 20.2 Å². The summed E-state index contributed by atoms with van der Waals surface area (Å²) < 4.78 is 5.21. The molecule has 0 spiro atoms. The average Bonchev–Trinajstić information content (AvgIpc) is 2.59. The largest absolute Gasteiger partial charge is 0.497 e. The SMILES string of the molecule is CCCCC(NC(=O)C1CCCNC1)c1ccc(OC)cc1.Cl. The van der Waals surface area contributed by atoms with Gasteiger partial charge in [0.05, 0.1) is 19.1 Å². The van der Waals surface area contributed by atoms with Gasteiger partial charge in [0, 0.05) is 6.54 Å². The van der Waals surface area contributed by atoms with Crippen molar-refractivity contribution in [3.05, 3.63) is 29.8 Å². The van der Waals surface area contributed by atoms with E-state index < -0.39 is 0 Å². The summed E-state index contributed by atoms with van der Waals surface area (Å²) in [7, 11) is 1.67. The molecule has 1 aliphatic rings. The fraction of sp³-hybridized carbons (Fsp3) is 0.611. The van der Waals surface area contributed by atoms with Crippen molar-refractivity contribution in [1.29, 1.82) is 0 Å². The summed E-state index contributed by atoms with van der Waals surface area (Å²) in [6, 6.07) is 8.13. The molecule has 2 N–H and O–H groups in total. The highest BCUT2D eigenvalue weighted by Crippen LogP contribution is 2.23. The van der Waals surface area contributed by atoms with Gasteiger partial charge in [0.25, 0.3) is 0 Å². The summed E-state index contributed by atoms with van der Waals surface area (Å²) >= 11 is 0. The van der Waals surface area contributed by atoms with Crippen molar-refractivity contribution in [2.24, 2.45) is 5.92 Å². The molecule has 0 bridgehead atoms. The number of piperidine rings is 1. The topological polar surface area (TPSA) is 50.4 Å². The van der Waals surface area contributed by atoms with Crippen LogP contribution in [0.4, 0.5) is 0 Å². The first-order chi connectivity index (χ1) is 10.7. The third-order valence-corrected chi connectivity index (χ3v) is 4.35. The van der Waals surface area contributed by atoms with Gasteiger partial charge in [-0.1, -0.05) is 31.9 Å². The van der Waals surface area contributed by atoms with Crippen LogP contribution in [0.2, 0.25) is 0 Å². The molecular weight excluding hydrogens is 312 g/mol. The fourth-order valence-electron chi connectivity index (χ4n) is 2.93. The van der Waals surface area contributed by atoms with Crippen molar-refractivity contribution >= 4 is 18.3 Å². The third-order valence-electron chi connectivity index (χ3n) is 4.35. The first kappa shape index (κ1) is 19.8. The maximum Gasteiger partial charge on any atom is 0.224 e. The van der Waals surface area contributed by atoms with Gasteiger partial charge in [-0.2, -0.15) is 0 Å². The lowest BCUT2D eigenvalue weighted by atomic mass is 9.96. The molecule has 1 amide bonds. The fourth-order valence-corrected chi connectivity index (χ4v) is 2.93. The number of carbonyl (C=O) groups excluding carboxylic acids is 1. The number of ether oxygens (including phenoxy) is 1. The molecule has 130 valence electrons. The van der Waals surface area contributed by atoms with Crippen LogP contribution in [0.5, 0.6) is 5.75 Å². The van der Waals surface area contributed by atoms with Crippen LogP contribution in [0.15, 0.2) is 24.3 Å². The van der Waals surface area contributed by atoms with Crippen LogP contribution in [0.25, 0.3) is 0 Å². The van der Waals surface area contributed by atoms with Gasteiger partial charge in [-0.25, -0.2) is 0 Å². The highest BCUT2D eigenvalue weighted by Gasteiger charge is 2.23. The second-order valence-electron chi connectivity index (χ2n) is 6.02. The van der Waals surface area contributed by atoms with Gasteiger partial charge in [0.2, 0.25) is 5.91 Å². The maximum absolute atomic E-state index is 12.5. The monoisotopic (exact) mass is 340 g/mol. The Hall–Kier alpha value is -1.26. The Bertz CT molecular complexity index is 459. The molecule has 1 saturated heterocycles. The summed E-state index contributed by atoms with van der Waals surface area (Å²) in [5.74, 6) is 1.14. The minimum atomic E-state index is 0. The highest BCUT2D eigenvalue weighted by molar-refractivity contribution is 5.85. The number of hydrogen-bond donors (Lipinski definition) is 2. The van der Waals surface area contributed by atoms with Crippen LogP contribution in [-0.2, 0) is 4.79 Å². The lowest BCUT2D eigenvalue weighted by Gasteiger charge is -2.26. The van der Waals surface area contributed by atoms with Crippen LogP contribution in [0.1, 0.15) is 50.6 Å². The molecule has 1 aromatic rings. The zero-order chi connectivity index (χ0) is 15.8. The van der Waals surface area contributed by atoms with Crippen LogP contribution in [-0.4, -0.2) is 26.1 Å². The van der Waals surface area contributed by atoms with Crippen molar-refractivity contribution in [1.82, 2.24) is 10.6 Å². The Morgan fingerprint density at radius 2 is 2.13 bits per heavy atom. The molecule has 1 aliphatic heterocycles. The molecule has 0 saturated carbocycles. The van der Waals surface area contributed by atoms with Gasteiger partial charge in [0.15, 0.2) is 0 Å². The van der Waals surface area contributed by atoms with E-state index in [2.05, 4.69) is 29.7 Å². The van der Waals surface area contributed by atoms with Crippen LogP contribution >= 0.6 is 12.4 Å². The standard InChI is InChI=1S/C18H28N2O2.ClH/c1-3-4-7-17(14-8-10-16(22-2)11-9-14)20-18(21)15-6-5-12-19-13-15;/h8-11,15,17,19H,3-7,12-13H2,1-2H3,(H,20,21);1H. The number of rotatable bonds is 7. The Kier molecular flexibility index (Phi) is 9.03. The first-order valence-corrected chi connectivity index (χ1v) is 8.39. The number of halogens is 1. The molecule has 4 nitrogen and oxygen atoms in total. The maximum atomic E-state index is 12.5. The first-order valence-electron chi connectivity index (χ1n) is 8.39. The van der Waals surface area contributed by atoms with Crippen molar-refractivity contribution < 1.29 is 9.53 Å². The van der Waals surface area contributed by atoms with E-state index in [1.165, 1.54) is 0 Å². The van der Waals surface area contributed by atoms with Crippen molar-refractivity contribution in [2.45, 2.75) is 45.1 Å². The van der Waals surface area contributed by atoms with E-state index in [-0.39, 0.29) is 30.3 Å². The minimum Gasteiger partial charge on any atom is -0.497 e. The van der Waals surface area contributed by atoms with Crippen LogP contribution < -0.4 is 15.4 Å². The van der Waals surface area contributed by atoms with E-state index in [9.17, 15) is 4.79 Å². The molecule has 0 radical (unpaired) electrons. The second kappa shape index (κ2) is 10.5. The second-order valence-corrected chi connectivity index (χ2v) is 6.02. The number of carbonyl (C=O) groups is 1.